The van der Waals surface area contributed by atoms with E-state index in [-0.39, 0.29) is 12.1 Å². The molecule has 3 unspecified atom stereocenters. The van der Waals surface area contributed by atoms with Crippen molar-refractivity contribution in [2.24, 2.45) is 5.92 Å². The summed E-state index contributed by atoms with van der Waals surface area (Å²) in [5.74, 6) is 1.20. The van der Waals surface area contributed by atoms with Crippen LogP contribution in [-0.2, 0) is 0 Å². The summed E-state index contributed by atoms with van der Waals surface area (Å²) in [4.78, 5) is 14.1. The predicted octanol–water partition coefficient (Wildman–Crippen LogP) is 1.87. The van der Waals surface area contributed by atoms with Gasteiger partial charge in [0.1, 0.15) is 5.75 Å². The molecule has 3 atom stereocenters. The molecule has 1 amide bonds. The number of amides is 1. The molecule has 2 aliphatic rings. The largest absolute Gasteiger partial charge is 0.415 e. The van der Waals surface area contributed by atoms with E-state index in [0.29, 0.717) is 17.7 Å². The molecule has 4 heteroatoms. The zero-order valence-corrected chi connectivity index (χ0v) is 10.5. The van der Waals surface area contributed by atoms with Gasteiger partial charge in [-0.05, 0) is 31.4 Å². The maximum Gasteiger partial charge on any atom is 0.415 e. The topological polar surface area (TPSA) is 41.6 Å². The van der Waals surface area contributed by atoms with Crippen LogP contribution in [0.1, 0.15) is 13.3 Å². The monoisotopic (exact) mass is 246 g/mol. The molecule has 0 aromatic heterocycles. The summed E-state index contributed by atoms with van der Waals surface area (Å²) in [7, 11) is 0. The third-order valence-electron chi connectivity index (χ3n) is 3.94. The van der Waals surface area contributed by atoms with Crippen molar-refractivity contribution in [3.8, 4) is 5.75 Å². The fourth-order valence-electron chi connectivity index (χ4n) is 3.12. The Bertz CT molecular complexity index is 435. The molecule has 0 radical (unpaired) electrons. The van der Waals surface area contributed by atoms with Crippen LogP contribution in [0.2, 0.25) is 0 Å². The Labute approximate surface area is 107 Å². The van der Waals surface area contributed by atoms with E-state index in [2.05, 4.69) is 12.2 Å². The lowest BCUT2D eigenvalue weighted by Gasteiger charge is -2.26. The van der Waals surface area contributed by atoms with E-state index in [9.17, 15) is 4.79 Å². The van der Waals surface area contributed by atoms with Gasteiger partial charge in [0.25, 0.3) is 0 Å². The van der Waals surface area contributed by atoms with E-state index < -0.39 is 0 Å². The SMILES string of the molecule is CC1CC2CNCC2N1C(=O)Oc1ccccc1. The first-order valence-corrected chi connectivity index (χ1v) is 6.51. The predicted molar refractivity (Wildman–Crippen MR) is 68.5 cm³/mol. The molecule has 2 fully saturated rings. The van der Waals surface area contributed by atoms with Crippen LogP contribution < -0.4 is 10.1 Å². The quantitative estimate of drug-likeness (QED) is 0.822. The molecule has 0 bridgehead atoms. The second-order valence-corrected chi connectivity index (χ2v) is 5.16. The van der Waals surface area contributed by atoms with Crippen molar-refractivity contribution in [2.45, 2.75) is 25.4 Å². The summed E-state index contributed by atoms with van der Waals surface area (Å²) in [5, 5.41) is 3.34. The fraction of sp³-hybridized carbons (Fsp3) is 0.500. The average molecular weight is 246 g/mol. The first-order chi connectivity index (χ1) is 8.75. The molecule has 1 aromatic rings. The second-order valence-electron chi connectivity index (χ2n) is 5.16. The van der Waals surface area contributed by atoms with Crippen molar-refractivity contribution in [3.05, 3.63) is 30.3 Å². The van der Waals surface area contributed by atoms with Crippen molar-refractivity contribution >= 4 is 6.09 Å². The smallest absolute Gasteiger partial charge is 0.410 e. The van der Waals surface area contributed by atoms with Crippen molar-refractivity contribution in [1.82, 2.24) is 10.2 Å². The van der Waals surface area contributed by atoms with Crippen LogP contribution in [0.5, 0.6) is 5.75 Å². The summed E-state index contributed by atoms with van der Waals surface area (Å²) < 4.78 is 5.44. The number of benzene rings is 1. The molecule has 96 valence electrons. The van der Waals surface area contributed by atoms with Gasteiger partial charge in [-0.25, -0.2) is 4.79 Å². The van der Waals surface area contributed by atoms with E-state index in [1.165, 1.54) is 0 Å². The molecule has 18 heavy (non-hydrogen) atoms. The van der Waals surface area contributed by atoms with E-state index in [1.54, 1.807) is 0 Å². The fourth-order valence-corrected chi connectivity index (χ4v) is 3.12. The Kier molecular flexibility index (Phi) is 2.96. The highest BCUT2D eigenvalue weighted by atomic mass is 16.6. The van der Waals surface area contributed by atoms with Crippen LogP contribution in [0.25, 0.3) is 0 Å². The van der Waals surface area contributed by atoms with Gasteiger partial charge < -0.3 is 15.0 Å². The average Bonchev–Trinajstić information content (AvgIpc) is 2.89. The number of hydrogen-bond acceptors (Lipinski definition) is 3. The van der Waals surface area contributed by atoms with E-state index >= 15 is 0 Å². The lowest BCUT2D eigenvalue weighted by Crippen LogP contribution is -2.44. The minimum Gasteiger partial charge on any atom is -0.410 e. The number of fused-ring (bicyclic) bond motifs is 1. The van der Waals surface area contributed by atoms with Crippen LogP contribution in [0.4, 0.5) is 4.79 Å². The maximum atomic E-state index is 12.2. The number of nitrogens with one attached hydrogen (secondary N) is 1. The number of hydrogen-bond donors (Lipinski definition) is 1. The molecule has 1 N–H and O–H groups in total. The normalized spacial score (nSPS) is 30.3. The molecule has 0 spiro atoms. The standard InChI is InChI=1S/C14H18N2O2/c1-10-7-11-8-15-9-13(11)16(10)14(17)18-12-5-3-2-4-6-12/h2-6,10-11,13,15H,7-9H2,1H3. The number of rotatable bonds is 1. The highest BCUT2D eigenvalue weighted by molar-refractivity contribution is 5.72. The Morgan fingerprint density at radius 2 is 2.11 bits per heavy atom. The molecule has 4 nitrogen and oxygen atoms in total. The zero-order chi connectivity index (χ0) is 12.5. The zero-order valence-electron chi connectivity index (χ0n) is 10.5. The van der Waals surface area contributed by atoms with Gasteiger partial charge in [-0.15, -0.1) is 0 Å². The Morgan fingerprint density at radius 1 is 1.33 bits per heavy atom. The summed E-state index contributed by atoms with van der Waals surface area (Å²) in [5.41, 5.74) is 0. The van der Waals surface area contributed by atoms with E-state index in [0.717, 1.165) is 19.5 Å². The molecule has 3 rings (SSSR count). The van der Waals surface area contributed by atoms with Crippen LogP contribution in [0, 0.1) is 5.92 Å². The number of ether oxygens (including phenoxy) is 1. The van der Waals surface area contributed by atoms with Crippen LogP contribution in [0.3, 0.4) is 0 Å². The summed E-state index contributed by atoms with van der Waals surface area (Å²) in [6.45, 7) is 4.01. The summed E-state index contributed by atoms with van der Waals surface area (Å²) >= 11 is 0. The Balaban J connectivity index is 1.72. The van der Waals surface area contributed by atoms with Crippen molar-refractivity contribution in [2.75, 3.05) is 13.1 Å². The number of carbonyl (C=O) groups is 1. The lowest BCUT2D eigenvalue weighted by molar-refractivity contribution is 0.133. The van der Waals surface area contributed by atoms with Crippen LogP contribution in [-0.4, -0.2) is 36.2 Å². The third kappa shape index (κ3) is 1.97. The van der Waals surface area contributed by atoms with Crippen LogP contribution >= 0.6 is 0 Å². The van der Waals surface area contributed by atoms with Gasteiger partial charge in [-0.1, -0.05) is 18.2 Å². The van der Waals surface area contributed by atoms with Gasteiger partial charge in [0.05, 0.1) is 6.04 Å². The van der Waals surface area contributed by atoms with Crippen LogP contribution in [0.15, 0.2) is 30.3 Å². The highest BCUT2D eigenvalue weighted by Gasteiger charge is 2.44. The maximum absolute atomic E-state index is 12.2. The first-order valence-electron chi connectivity index (χ1n) is 6.51. The van der Waals surface area contributed by atoms with Crippen molar-refractivity contribution in [3.63, 3.8) is 0 Å². The van der Waals surface area contributed by atoms with Gasteiger partial charge in [0.2, 0.25) is 0 Å². The van der Waals surface area contributed by atoms with Gasteiger partial charge in [0.15, 0.2) is 0 Å². The molecule has 0 saturated carbocycles. The van der Waals surface area contributed by atoms with E-state index in [1.807, 2.05) is 35.2 Å². The Morgan fingerprint density at radius 3 is 2.89 bits per heavy atom. The number of nitrogens with zero attached hydrogens (tertiary/aromatic N) is 1. The minimum absolute atomic E-state index is 0.218. The highest BCUT2D eigenvalue weighted by Crippen LogP contribution is 2.32. The molecular weight excluding hydrogens is 228 g/mol. The van der Waals surface area contributed by atoms with Gasteiger partial charge in [-0.2, -0.15) is 0 Å². The Hall–Kier alpha value is -1.55. The number of para-hydroxylation sites is 1. The molecule has 2 saturated heterocycles. The van der Waals surface area contributed by atoms with Gasteiger partial charge in [0, 0.05) is 19.1 Å². The number of carbonyl (C=O) groups excluding carboxylic acids is 1. The third-order valence-corrected chi connectivity index (χ3v) is 3.94. The first kappa shape index (κ1) is 11.5. The number of likely N-dealkylation sites (tertiary alicyclic amines) is 1. The van der Waals surface area contributed by atoms with Crippen molar-refractivity contribution in [1.29, 1.82) is 0 Å². The molecular formula is C14H18N2O2. The van der Waals surface area contributed by atoms with Gasteiger partial charge in [-0.3, -0.25) is 0 Å². The minimum atomic E-state index is -0.218. The summed E-state index contributed by atoms with van der Waals surface area (Å²) in [6, 6.07) is 9.85. The van der Waals surface area contributed by atoms with E-state index in [4.69, 9.17) is 4.74 Å². The summed E-state index contributed by atoms with van der Waals surface area (Å²) in [6.07, 6.45) is 0.853. The molecule has 0 aliphatic carbocycles. The van der Waals surface area contributed by atoms with Gasteiger partial charge >= 0.3 is 6.09 Å². The van der Waals surface area contributed by atoms with Crippen molar-refractivity contribution < 1.29 is 9.53 Å². The lowest BCUT2D eigenvalue weighted by atomic mass is 10.0. The molecule has 1 aromatic carbocycles. The molecule has 2 aliphatic heterocycles. The second kappa shape index (κ2) is 4.61. The molecule has 2 heterocycles.